The van der Waals surface area contributed by atoms with E-state index in [9.17, 15) is 14.7 Å². The number of aromatic carboxylic acids is 1. The molecular weight excluding hydrogens is 377 g/mol. The highest BCUT2D eigenvalue weighted by Crippen LogP contribution is 2.32. The summed E-state index contributed by atoms with van der Waals surface area (Å²) in [5.41, 5.74) is 0.530. The number of nitrogens with zero attached hydrogens (tertiary/aromatic N) is 1. The van der Waals surface area contributed by atoms with Crippen LogP contribution in [0.1, 0.15) is 17.3 Å². The van der Waals surface area contributed by atoms with Gasteiger partial charge in [-0.05, 0) is 37.3 Å². The van der Waals surface area contributed by atoms with E-state index in [2.05, 4.69) is 0 Å². The van der Waals surface area contributed by atoms with Crippen molar-refractivity contribution in [2.45, 2.75) is 13.5 Å². The topological polar surface area (TPSA) is 68.5 Å². The number of aryl methyl sites for hydroxylation is 1. The van der Waals surface area contributed by atoms with Gasteiger partial charge in [0.1, 0.15) is 11.3 Å². The Morgan fingerprint density at radius 2 is 1.88 bits per heavy atom. The summed E-state index contributed by atoms with van der Waals surface area (Å²) in [7, 11) is 1.49. The first kappa shape index (κ1) is 18.3. The Morgan fingerprint density at radius 1 is 1.15 bits per heavy atom. The van der Waals surface area contributed by atoms with Gasteiger partial charge in [0.15, 0.2) is 0 Å². The Bertz CT molecular complexity index is 1090. The molecule has 0 unspecified atom stereocenters. The van der Waals surface area contributed by atoms with Crippen LogP contribution in [0.4, 0.5) is 0 Å². The molecule has 7 heteroatoms. The number of benzene rings is 2. The van der Waals surface area contributed by atoms with Crippen molar-refractivity contribution < 1.29 is 14.6 Å². The molecule has 0 saturated carbocycles. The summed E-state index contributed by atoms with van der Waals surface area (Å²) in [6, 6.07) is 9.81. The summed E-state index contributed by atoms with van der Waals surface area (Å²) < 4.78 is 6.94. The van der Waals surface area contributed by atoms with Gasteiger partial charge in [-0.15, -0.1) is 0 Å². The van der Waals surface area contributed by atoms with E-state index in [0.29, 0.717) is 34.1 Å². The van der Waals surface area contributed by atoms with Crippen LogP contribution in [-0.4, -0.2) is 22.8 Å². The van der Waals surface area contributed by atoms with Gasteiger partial charge in [-0.1, -0.05) is 29.3 Å². The van der Waals surface area contributed by atoms with Crippen molar-refractivity contribution >= 4 is 40.1 Å². The highest BCUT2D eigenvalue weighted by atomic mass is 35.5. The van der Waals surface area contributed by atoms with E-state index in [1.807, 2.05) is 6.92 Å². The van der Waals surface area contributed by atoms with E-state index in [-0.39, 0.29) is 16.0 Å². The summed E-state index contributed by atoms with van der Waals surface area (Å²) in [6.07, 6.45) is 0. The Balaban J connectivity index is 2.51. The van der Waals surface area contributed by atoms with Crippen LogP contribution in [0, 0.1) is 0 Å². The largest absolute Gasteiger partial charge is 0.497 e. The Labute approximate surface area is 159 Å². The SMILES string of the molecule is CCn1c(-c2ccc(Cl)c(Cl)c2)c(C(=O)O)c(=O)c2cc(OC)ccc21. The third kappa shape index (κ3) is 2.93. The summed E-state index contributed by atoms with van der Waals surface area (Å²) >= 11 is 12.1. The van der Waals surface area contributed by atoms with Crippen LogP contribution in [0.3, 0.4) is 0 Å². The molecule has 3 rings (SSSR count). The first-order chi connectivity index (χ1) is 12.4. The zero-order valence-electron chi connectivity index (χ0n) is 14.0. The standard InChI is InChI=1S/C19H15Cl2NO4/c1-3-22-15-7-5-11(26-2)9-12(15)18(23)16(19(24)25)17(22)10-4-6-13(20)14(21)8-10/h4-9H,3H2,1-2H3,(H,24,25). The van der Waals surface area contributed by atoms with Crippen LogP contribution in [0.5, 0.6) is 5.75 Å². The number of halogens is 2. The lowest BCUT2D eigenvalue weighted by molar-refractivity contribution is 0.0696. The number of fused-ring (bicyclic) bond motifs is 1. The molecule has 134 valence electrons. The zero-order chi connectivity index (χ0) is 19.0. The van der Waals surface area contributed by atoms with Gasteiger partial charge in [0, 0.05) is 12.1 Å². The molecule has 26 heavy (non-hydrogen) atoms. The van der Waals surface area contributed by atoms with Gasteiger partial charge >= 0.3 is 5.97 Å². The highest BCUT2D eigenvalue weighted by Gasteiger charge is 2.23. The van der Waals surface area contributed by atoms with E-state index >= 15 is 0 Å². The van der Waals surface area contributed by atoms with E-state index in [1.54, 1.807) is 41.0 Å². The second-order valence-electron chi connectivity index (χ2n) is 5.61. The van der Waals surface area contributed by atoms with Gasteiger partial charge in [-0.3, -0.25) is 4.79 Å². The number of carboxylic acids is 1. The van der Waals surface area contributed by atoms with Gasteiger partial charge < -0.3 is 14.4 Å². The van der Waals surface area contributed by atoms with E-state index in [4.69, 9.17) is 27.9 Å². The van der Waals surface area contributed by atoms with Crippen LogP contribution in [-0.2, 0) is 6.54 Å². The molecule has 0 aliphatic rings. The number of hydrogen-bond acceptors (Lipinski definition) is 3. The van der Waals surface area contributed by atoms with Crippen molar-refractivity contribution in [2.24, 2.45) is 0 Å². The molecule has 0 bridgehead atoms. The number of rotatable bonds is 4. The van der Waals surface area contributed by atoms with Gasteiger partial charge in [0.05, 0.1) is 33.8 Å². The molecular formula is C19H15Cl2NO4. The average Bonchev–Trinajstić information content (AvgIpc) is 2.63. The van der Waals surface area contributed by atoms with E-state index in [1.165, 1.54) is 7.11 Å². The molecule has 0 atom stereocenters. The lowest BCUT2D eigenvalue weighted by Crippen LogP contribution is -2.22. The predicted molar refractivity (Wildman–Crippen MR) is 103 cm³/mol. The maximum absolute atomic E-state index is 12.9. The molecule has 0 amide bonds. The first-order valence-electron chi connectivity index (χ1n) is 7.82. The van der Waals surface area contributed by atoms with Crippen molar-refractivity contribution in [3.63, 3.8) is 0 Å². The molecule has 3 aromatic rings. The molecule has 5 nitrogen and oxygen atoms in total. The van der Waals surface area contributed by atoms with Crippen LogP contribution in [0.2, 0.25) is 10.0 Å². The van der Waals surface area contributed by atoms with E-state index in [0.717, 1.165) is 0 Å². The fraction of sp³-hybridized carbons (Fsp3) is 0.158. The Kier molecular flexibility index (Phi) is 4.94. The van der Waals surface area contributed by atoms with Gasteiger partial charge in [0.2, 0.25) is 5.43 Å². The lowest BCUT2D eigenvalue weighted by Gasteiger charge is -2.19. The van der Waals surface area contributed by atoms with Crippen molar-refractivity contribution in [3.05, 3.63) is 62.2 Å². The molecule has 0 radical (unpaired) electrons. The predicted octanol–water partition coefficient (Wildman–Crippen LogP) is 4.70. The van der Waals surface area contributed by atoms with Crippen LogP contribution in [0.15, 0.2) is 41.2 Å². The Hall–Kier alpha value is -2.50. The minimum absolute atomic E-state index is 0.283. The summed E-state index contributed by atoms with van der Waals surface area (Å²) in [5.74, 6) is -0.820. The summed E-state index contributed by atoms with van der Waals surface area (Å²) in [6.45, 7) is 2.33. The lowest BCUT2D eigenvalue weighted by atomic mass is 10.0. The fourth-order valence-corrected chi connectivity index (χ4v) is 3.33. The van der Waals surface area contributed by atoms with Crippen LogP contribution >= 0.6 is 23.2 Å². The number of hydrogen-bond donors (Lipinski definition) is 1. The van der Waals surface area contributed by atoms with E-state index < -0.39 is 11.4 Å². The molecule has 0 aliphatic carbocycles. The number of carboxylic acid groups (broad SMARTS) is 1. The van der Waals surface area contributed by atoms with Crippen LogP contribution < -0.4 is 10.2 Å². The number of methoxy groups -OCH3 is 1. The molecule has 1 N–H and O–H groups in total. The fourth-order valence-electron chi connectivity index (χ4n) is 3.03. The third-order valence-corrected chi connectivity index (χ3v) is 4.94. The van der Waals surface area contributed by atoms with Crippen molar-refractivity contribution in [3.8, 4) is 17.0 Å². The highest BCUT2D eigenvalue weighted by molar-refractivity contribution is 6.42. The minimum atomic E-state index is -1.30. The quantitative estimate of drug-likeness (QED) is 0.699. The second kappa shape index (κ2) is 7.02. The van der Waals surface area contributed by atoms with Gasteiger partial charge in [-0.2, -0.15) is 0 Å². The molecule has 0 aliphatic heterocycles. The normalized spacial score (nSPS) is 10.9. The third-order valence-electron chi connectivity index (χ3n) is 4.20. The number of ether oxygens (including phenoxy) is 1. The molecule has 1 heterocycles. The molecule has 0 spiro atoms. The molecule has 2 aromatic carbocycles. The first-order valence-corrected chi connectivity index (χ1v) is 8.57. The van der Waals surface area contributed by atoms with Gasteiger partial charge in [0.25, 0.3) is 0 Å². The second-order valence-corrected chi connectivity index (χ2v) is 6.43. The number of aromatic nitrogens is 1. The smallest absolute Gasteiger partial charge is 0.341 e. The summed E-state index contributed by atoms with van der Waals surface area (Å²) in [5, 5.41) is 10.7. The van der Waals surface area contributed by atoms with Crippen molar-refractivity contribution in [1.29, 1.82) is 0 Å². The maximum Gasteiger partial charge on any atom is 0.341 e. The van der Waals surface area contributed by atoms with Crippen molar-refractivity contribution in [1.82, 2.24) is 4.57 Å². The average molecular weight is 392 g/mol. The molecule has 0 saturated heterocycles. The number of carbonyl (C=O) groups is 1. The molecule has 1 aromatic heterocycles. The Morgan fingerprint density at radius 3 is 2.46 bits per heavy atom. The zero-order valence-corrected chi connectivity index (χ0v) is 15.6. The minimum Gasteiger partial charge on any atom is -0.497 e. The summed E-state index contributed by atoms with van der Waals surface area (Å²) in [4.78, 5) is 24.9. The van der Waals surface area contributed by atoms with Gasteiger partial charge in [-0.25, -0.2) is 4.79 Å². The molecule has 0 fully saturated rings. The maximum atomic E-state index is 12.9. The van der Waals surface area contributed by atoms with Crippen LogP contribution in [0.25, 0.3) is 22.2 Å². The monoisotopic (exact) mass is 391 g/mol. The van der Waals surface area contributed by atoms with Crippen molar-refractivity contribution in [2.75, 3.05) is 7.11 Å². The number of pyridine rings is 1.